The average molecular weight is 271 g/mol. The molecule has 2 atom stereocenters. The maximum absolute atomic E-state index is 11.5. The van der Waals surface area contributed by atoms with E-state index in [1.165, 1.54) is 0 Å². The van der Waals surface area contributed by atoms with Crippen molar-refractivity contribution >= 4 is 17.5 Å². The molecule has 0 aliphatic carbocycles. The van der Waals surface area contributed by atoms with E-state index in [0.717, 1.165) is 5.75 Å². The van der Waals surface area contributed by atoms with Gasteiger partial charge in [0.15, 0.2) is 0 Å². The van der Waals surface area contributed by atoms with Crippen LogP contribution in [0.2, 0.25) is 5.02 Å². The van der Waals surface area contributed by atoms with Gasteiger partial charge in [0.2, 0.25) is 5.91 Å². The molecule has 1 aromatic rings. The van der Waals surface area contributed by atoms with Gasteiger partial charge >= 0.3 is 0 Å². The van der Waals surface area contributed by atoms with E-state index >= 15 is 0 Å². The third-order valence-electron chi connectivity index (χ3n) is 2.48. The Labute approximate surface area is 112 Å². The molecule has 5 heteroatoms. The van der Waals surface area contributed by atoms with Crippen LogP contribution in [0.1, 0.15) is 20.3 Å². The summed E-state index contributed by atoms with van der Waals surface area (Å²) in [6.07, 6.45) is 0.622. The van der Waals surface area contributed by atoms with Crippen molar-refractivity contribution in [3.8, 4) is 5.75 Å². The standard InChI is InChI=1S/C13H19ClN2O2/c1-3-12(15)13(17)16-9(2)8-18-11-6-4-10(14)5-7-11/h4-7,9,12H,3,8,15H2,1-2H3,(H,16,17). The van der Waals surface area contributed by atoms with Gasteiger partial charge in [-0.2, -0.15) is 0 Å². The van der Waals surface area contributed by atoms with Crippen LogP contribution in [0, 0.1) is 0 Å². The van der Waals surface area contributed by atoms with E-state index in [1.807, 2.05) is 13.8 Å². The molecular weight excluding hydrogens is 252 g/mol. The van der Waals surface area contributed by atoms with Gasteiger partial charge in [-0.15, -0.1) is 0 Å². The lowest BCUT2D eigenvalue weighted by molar-refractivity contribution is -0.123. The van der Waals surface area contributed by atoms with Gasteiger partial charge in [0.1, 0.15) is 12.4 Å². The molecule has 0 saturated carbocycles. The average Bonchev–Trinajstić information content (AvgIpc) is 2.37. The molecule has 0 saturated heterocycles. The van der Waals surface area contributed by atoms with Gasteiger partial charge < -0.3 is 15.8 Å². The van der Waals surface area contributed by atoms with Crippen molar-refractivity contribution in [1.82, 2.24) is 5.32 Å². The van der Waals surface area contributed by atoms with E-state index in [-0.39, 0.29) is 11.9 Å². The number of rotatable bonds is 6. The highest BCUT2D eigenvalue weighted by Gasteiger charge is 2.13. The highest BCUT2D eigenvalue weighted by Crippen LogP contribution is 2.15. The van der Waals surface area contributed by atoms with Gasteiger partial charge in [-0.25, -0.2) is 0 Å². The lowest BCUT2D eigenvalue weighted by atomic mass is 10.2. The van der Waals surface area contributed by atoms with Crippen molar-refractivity contribution in [2.24, 2.45) is 5.73 Å². The SMILES string of the molecule is CCC(N)C(=O)NC(C)COc1ccc(Cl)cc1. The molecular formula is C13H19ClN2O2. The lowest BCUT2D eigenvalue weighted by Crippen LogP contribution is -2.45. The second-order valence-electron chi connectivity index (χ2n) is 4.19. The van der Waals surface area contributed by atoms with Crippen molar-refractivity contribution in [1.29, 1.82) is 0 Å². The molecule has 0 aliphatic rings. The van der Waals surface area contributed by atoms with Crippen molar-refractivity contribution in [2.75, 3.05) is 6.61 Å². The van der Waals surface area contributed by atoms with Gasteiger partial charge in [0.05, 0.1) is 12.1 Å². The number of halogens is 1. The Kier molecular flexibility index (Phi) is 5.95. The zero-order valence-corrected chi connectivity index (χ0v) is 11.4. The van der Waals surface area contributed by atoms with Crippen LogP contribution < -0.4 is 15.8 Å². The highest BCUT2D eigenvalue weighted by atomic mass is 35.5. The summed E-state index contributed by atoms with van der Waals surface area (Å²) in [6, 6.07) is 6.54. The summed E-state index contributed by atoms with van der Waals surface area (Å²) >= 11 is 5.77. The summed E-state index contributed by atoms with van der Waals surface area (Å²) in [4.78, 5) is 11.5. The minimum atomic E-state index is -0.456. The van der Waals surface area contributed by atoms with E-state index in [0.29, 0.717) is 18.1 Å². The van der Waals surface area contributed by atoms with Gasteiger partial charge in [-0.3, -0.25) is 4.79 Å². The molecule has 1 amide bonds. The minimum Gasteiger partial charge on any atom is -0.491 e. The number of carbonyl (C=O) groups excluding carboxylic acids is 1. The van der Waals surface area contributed by atoms with Crippen molar-refractivity contribution in [3.63, 3.8) is 0 Å². The topological polar surface area (TPSA) is 64.4 Å². The number of carbonyl (C=O) groups is 1. The zero-order chi connectivity index (χ0) is 13.5. The van der Waals surface area contributed by atoms with Crippen molar-refractivity contribution in [2.45, 2.75) is 32.4 Å². The zero-order valence-electron chi connectivity index (χ0n) is 10.7. The van der Waals surface area contributed by atoms with Crippen LogP contribution in [0.4, 0.5) is 0 Å². The van der Waals surface area contributed by atoms with Crippen molar-refractivity contribution in [3.05, 3.63) is 29.3 Å². The monoisotopic (exact) mass is 270 g/mol. The normalized spacial score (nSPS) is 13.8. The summed E-state index contributed by atoms with van der Waals surface area (Å²) in [5.74, 6) is 0.574. The maximum atomic E-state index is 11.5. The predicted molar refractivity (Wildman–Crippen MR) is 72.8 cm³/mol. The van der Waals surface area contributed by atoms with Crippen LogP contribution in [0.3, 0.4) is 0 Å². The second kappa shape index (κ2) is 7.24. The molecule has 0 aromatic heterocycles. The number of ether oxygens (including phenoxy) is 1. The Morgan fingerprint density at radius 2 is 2.06 bits per heavy atom. The fraction of sp³-hybridized carbons (Fsp3) is 0.462. The van der Waals surface area contributed by atoms with Crippen LogP contribution in [0.15, 0.2) is 24.3 Å². The number of hydrogen-bond donors (Lipinski definition) is 2. The Bertz CT molecular complexity index is 381. The molecule has 0 fully saturated rings. The first kappa shape index (κ1) is 14.8. The van der Waals surface area contributed by atoms with Crippen LogP contribution in [-0.4, -0.2) is 24.6 Å². The van der Waals surface area contributed by atoms with E-state index in [1.54, 1.807) is 24.3 Å². The summed E-state index contributed by atoms with van der Waals surface area (Å²) in [6.45, 7) is 4.14. The molecule has 0 radical (unpaired) electrons. The van der Waals surface area contributed by atoms with Gasteiger partial charge in [0, 0.05) is 5.02 Å². The summed E-state index contributed by atoms with van der Waals surface area (Å²) in [7, 11) is 0. The van der Waals surface area contributed by atoms with Gasteiger partial charge in [-0.05, 0) is 37.6 Å². The molecule has 100 valence electrons. The number of amides is 1. The summed E-state index contributed by atoms with van der Waals surface area (Å²) in [5.41, 5.74) is 5.62. The first-order valence-corrected chi connectivity index (χ1v) is 6.35. The molecule has 1 rings (SSSR count). The first-order valence-electron chi connectivity index (χ1n) is 5.97. The number of nitrogens with one attached hydrogen (secondary N) is 1. The van der Waals surface area contributed by atoms with E-state index in [4.69, 9.17) is 22.1 Å². The van der Waals surface area contributed by atoms with Gasteiger partial charge in [0.25, 0.3) is 0 Å². The number of nitrogens with two attached hydrogens (primary N) is 1. The van der Waals surface area contributed by atoms with Crippen LogP contribution in [0.25, 0.3) is 0 Å². The largest absolute Gasteiger partial charge is 0.491 e. The van der Waals surface area contributed by atoms with Gasteiger partial charge in [-0.1, -0.05) is 18.5 Å². The van der Waals surface area contributed by atoms with Crippen LogP contribution in [-0.2, 0) is 4.79 Å². The smallest absolute Gasteiger partial charge is 0.237 e. The second-order valence-corrected chi connectivity index (χ2v) is 4.63. The molecule has 18 heavy (non-hydrogen) atoms. The lowest BCUT2D eigenvalue weighted by Gasteiger charge is -2.17. The molecule has 2 unspecified atom stereocenters. The van der Waals surface area contributed by atoms with E-state index in [9.17, 15) is 4.79 Å². The summed E-state index contributed by atoms with van der Waals surface area (Å²) in [5, 5.41) is 3.46. The number of benzene rings is 1. The molecule has 0 aliphatic heterocycles. The highest BCUT2D eigenvalue weighted by molar-refractivity contribution is 6.30. The van der Waals surface area contributed by atoms with E-state index < -0.39 is 6.04 Å². The molecule has 4 nitrogen and oxygen atoms in total. The molecule has 0 spiro atoms. The summed E-state index contributed by atoms with van der Waals surface area (Å²) < 4.78 is 5.52. The first-order chi connectivity index (χ1) is 8.52. The van der Waals surface area contributed by atoms with Crippen molar-refractivity contribution < 1.29 is 9.53 Å². The Morgan fingerprint density at radius 1 is 1.44 bits per heavy atom. The fourth-order valence-corrected chi connectivity index (χ4v) is 1.45. The predicted octanol–water partition coefficient (Wildman–Crippen LogP) is 1.96. The third kappa shape index (κ3) is 4.94. The quantitative estimate of drug-likeness (QED) is 0.831. The van der Waals surface area contributed by atoms with Crippen LogP contribution in [0.5, 0.6) is 5.75 Å². The minimum absolute atomic E-state index is 0.0919. The third-order valence-corrected chi connectivity index (χ3v) is 2.73. The van der Waals surface area contributed by atoms with E-state index in [2.05, 4.69) is 5.32 Å². The maximum Gasteiger partial charge on any atom is 0.237 e. The molecule has 0 bridgehead atoms. The Balaban J connectivity index is 2.35. The molecule has 0 heterocycles. The number of hydrogen-bond acceptors (Lipinski definition) is 3. The van der Waals surface area contributed by atoms with Crippen LogP contribution >= 0.6 is 11.6 Å². The molecule has 3 N–H and O–H groups in total. The molecule has 1 aromatic carbocycles. The fourth-order valence-electron chi connectivity index (χ4n) is 1.33. The Morgan fingerprint density at radius 3 is 2.61 bits per heavy atom. The Hall–Kier alpha value is -1.26.